The summed E-state index contributed by atoms with van der Waals surface area (Å²) in [5.74, 6) is -0.573. The van der Waals surface area contributed by atoms with Crippen LogP contribution in [0.3, 0.4) is 0 Å². The number of hydrogen-bond acceptors (Lipinski definition) is 4. The second kappa shape index (κ2) is 6.85. The first-order valence-electron chi connectivity index (χ1n) is 9.20. The fourth-order valence-electron chi connectivity index (χ4n) is 3.74. The molecule has 0 aromatic heterocycles. The van der Waals surface area contributed by atoms with Crippen LogP contribution in [-0.4, -0.2) is 32.3 Å². The van der Waals surface area contributed by atoms with Crippen LogP contribution in [0.15, 0.2) is 58.3 Å². The minimum atomic E-state index is -3.85. The smallest absolute Gasteiger partial charge is 0.269 e. The molecule has 1 fully saturated rings. The van der Waals surface area contributed by atoms with Gasteiger partial charge in [0.25, 0.3) is 5.91 Å². The van der Waals surface area contributed by atoms with E-state index in [9.17, 15) is 13.2 Å². The predicted molar refractivity (Wildman–Crippen MR) is 106 cm³/mol. The topological polar surface area (TPSA) is 66.5 Å². The van der Waals surface area contributed by atoms with Crippen molar-refractivity contribution in [1.82, 2.24) is 4.90 Å². The Morgan fingerprint density at radius 1 is 0.963 bits per heavy atom. The number of piperidine rings is 1. The number of carbonyl (C=O) groups is 1. The van der Waals surface area contributed by atoms with Crippen LogP contribution in [0.5, 0.6) is 0 Å². The molecule has 1 saturated heterocycles. The monoisotopic (exact) mass is 382 g/mol. The maximum Gasteiger partial charge on any atom is 0.269 e. The minimum Gasteiger partial charge on any atom is -0.370 e. The molecule has 2 aliphatic heterocycles. The molecule has 0 atom stereocenters. The van der Waals surface area contributed by atoms with Crippen molar-refractivity contribution in [2.75, 3.05) is 18.4 Å². The molecule has 2 aromatic rings. The summed E-state index contributed by atoms with van der Waals surface area (Å²) in [6.45, 7) is 3.49. The molecule has 2 heterocycles. The van der Waals surface area contributed by atoms with E-state index in [1.165, 1.54) is 0 Å². The maximum absolute atomic E-state index is 13.2. The van der Waals surface area contributed by atoms with Crippen molar-refractivity contribution >= 4 is 27.1 Å². The molecule has 0 unspecified atom stereocenters. The molecule has 1 N–H and O–H groups in total. The van der Waals surface area contributed by atoms with Crippen LogP contribution in [0.2, 0.25) is 0 Å². The van der Waals surface area contributed by atoms with Gasteiger partial charge in [-0.15, -0.1) is 0 Å². The molecular formula is C21H22N2O3S. The highest BCUT2D eigenvalue weighted by Gasteiger charge is 2.42. The van der Waals surface area contributed by atoms with Crippen LogP contribution in [-0.2, 0) is 14.6 Å². The number of nitrogens with zero attached hydrogens (tertiary/aromatic N) is 1. The highest BCUT2D eigenvalue weighted by atomic mass is 32.2. The van der Waals surface area contributed by atoms with Crippen molar-refractivity contribution in [3.05, 3.63) is 64.6 Å². The first-order valence-corrected chi connectivity index (χ1v) is 10.7. The summed E-state index contributed by atoms with van der Waals surface area (Å²) in [5.41, 5.74) is 2.84. The molecule has 0 saturated carbocycles. The van der Waals surface area contributed by atoms with Crippen LogP contribution in [0, 0.1) is 6.92 Å². The zero-order valence-electron chi connectivity index (χ0n) is 15.2. The third-order valence-electron chi connectivity index (χ3n) is 5.10. The number of benzene rings is 2. The molecule has 4 rings (SSSR count). The molecule has 0 spiro atoms. The molecular weight excluding hydrogens is 360 g/mol. The van der Waals surface area contributed by atoms with Gasteiger partial charge in [0.15, 0.2) is 4.91 Å². The van der Waals surface area contributed by atoms with Gasteiger partial charge in [0.05, 0.1) is 10.6 Å². The molecule has 2 aromatic carbocycles. The number of aryl methyl sites for hydroxylation is 1. The van der Waals surface area contributed by atoms with E-state index in [1.54, 1.807) is 30.3 Å². The largest absolute Gasteiger partial charge is 0.370 e. The second-order valence-corrected chi connectivity index (χ2v) is 8.90. The van der Waals surface area contributed by atoms with E-state index >= 15 is 0 Å². The molecule has 2 aliphatic rings. The number of fused-ring (bicyclic) bond motifs is 1. The molecule has 5 nitrogen and oxygen atoms in total. The molecule has 6 heteroatoms. The van der Waals surface area contributed by atoms with Crippen molar-refractivity contribution in [2.24, 2.45) is 0 Å². The van der Waals surface area contributed by atoms with E-state index in [0.29, 0.717) is 16.9 Å². The SMILES string of the molecule is Cc1ccc(NC(=O)C2=C(N3CCCCC3)c3ccccc3S2(=O)=O)cc1. The minimum absolute atomic E-state index is 0.133. The number of likely N-dealkylation sites (tertiary alicyclic amines) is 1. The number of carbonyl (C=O) groups excluding carboxylic acids is 1. The van der Waals surface area contributed by atoms with Gasteiger partial charge in [0, 0.05) is 24.3 Å². The zero-order chi connectivity index (χ0) is 19.0. The van der Waals surface area contributed by atoms with E-state index in [1.807, 2.05) is 25.1 Å². The quantitative estimate of drug-likeness (QED) is 0.881. The molecule has 1 amide bonds. The summed E-state index contributed by atoms with van der Waals surface area (Å²) >= 11 is 0. The van der Waals surface area contributed by atoms with Crippen LogP contribution in [0.1, 0.15) is 30.4 Å². The number of nitrogens with one attached hydrogen (secondary N) is 1. The third-order valence-corrected chi connectivity index (χ3v) is 6.95. The summed E-state index contributed by atoms with van der Waals surface area (Å²) in [6, 6.07) is 14.2. The van der Waals surface area contributed by atoms with Gasteiger partial charge in [-0.3, -0.25) is 4.79 Å². The Balaban J connectivity index is 1.80. The van der Waals surface area contributed by atoms with Crippen molar-refractivity contribution < 1.29 is 13.2 Å². The van der Waals surface area contributed by atoms with Gasteiger partial charge >= 0.3 is 0 Å². The van der Waals surface area contributed by atoms with Crippen LogP contribution >= 0.6 is 0 Å². The van der Waals surface area contributed by atoms with Crippen molar-refractivity contribution in [1.29, 1.82) is 0 Å². The molecule has 0 bridgehead atoms. The number of amides is 1. The van der Waals surface area contributed by atoms with Gasteiger partial charge in [0.2, 0.25) is 9.84 Å². The first-order chi connectivity index (χ1) is 13.0. The number of anilines is 1. The summed E-state index contributed by atoms with van der Waals surface area (Å²) < 4.78 is 26.4. The Morgan fingerprint density at radius 2 is 1.63 bits per heavy atom. The van der Waals surface area contributed by atoms with Gasteiger partial charge in [-0.25, -0.2) is 8.42 Å². The Morgan fingerprint density at radius 3 is 2.33 bits per heavy atom. The van der Waals surface area contributed by atoms with E-state index in [0.717, 1.165) is 37.9 Å². The van der Waals surface area contributed by atoms with Crippen molar-refractivity contribution in [3.8, 4) is 0 Å². The van der Waals surface area contributed by atoms with E-state index < -0.39 is 15.7 Å². The second-order valence-electron chi connectivity index (χ2n) is 7.05. The fraction of sp³-hybridized carbons (Fsp3) is 0.286. The summed E-state index contributed by atoms with van der Waals surface area (Å²) in [6.07, 6.45) is 3.13. The summed E-state index contributed by atoms with van der Waals surface area (Å²) in [4.78, 5) is 15.2. The number of rotatable bonds is 3. The summed E-state index contributed by atoms with van der Waals surface area (Å²) in [7, 11) is -3.85. The van der Waals surface area contributed by atoms with Gasteiger partial charge in [-0.2, -0.15) is 0 Å². The lowest BCUT2D eigenvalue weighted by Crippen LogP contribution is -2.30. The average molecular weight is 382 g/mol. The van der Waals surface area contributed by atoms with Gasteiger partial charge in [-0.1, -0.05) is 35.9 Å². The standard InChI is InChI=1S/C21H22N2O3S/c1-15-9-11-16(12-10-15)22-21(24)20-19(23-13-5-2-6-14-23)17-7-3-4-8-18(17)27(20,25)26/h3-4,7-12H,2,5-6,13-14H2,1H3,(H,22,24). The lowest BCUT2D eigenvalue weighted by atomic mass is 10.1. The maximum atomic E-state index is 13.2. The van der Waals surface area contributed by atoms with Gasteiger partial charge in [0.1, 0.15) is 0 Å². The van der Waals surface area contributed by atoms with Crippen LogP contribution < -0.4 is 5.32 Å². The highest BCUT2D eigenvalue weighted by molar-refractivity contribution is 7.97. The Hall–Kier alpha value is -2.60. The number of hydrogen-bond donors (Lipinski definition) is 1. The molecule has 140 valence electrons. The first kappa shape index (κ1) is 17.8. The third kappa shape index (κ3) is 3.14. The summed E-state index contributed by atoms with van der Waals surface area (Å²) in [5, 5.41) is 2.77. The number of sulfone groups is 1. The highest BCUT2D eigenvalue weighted by Crippen LogP contribution is 2.42. The van der Waals surface area contributed by atoms with E-state index in [-0.39, 0.29) is 9.80 Å². The van der Waals surface area contributed by atoms with Crippen LogP contribution in [0.4, 0.5) is 5.69 Å². The van der Waals surface area contributed by atoms with E-state index in [4.69, 9.17) is 0 Å². The lowest BCUT2D eigenvalue weighted by molar-refractivity contribution is -0.112. The Labute approximate surface area is 159 Å². The van der Waals surface area contributed by atoms with Gasteiger partial charge in [-0.05, 0) is 44.4 Å². The molecule has 27 heavy (non-hydrogen) atoms. The average Bonchev–Trinajstić information content (AvgIpc) is 2.92. The lowest BCUT2D eigenvalue weighted by Gasteiger charge is -2.30. The Kier molecular flexibility index (Phi) is 4.52. The van der Waals surface area contributed by atoms with E-state index in [2.05, 4.69) is 10.2 Å². The fourth-order valence-corrected chi connectivity index (χ4v) is 5.46. The van der Waals surface area contributed by atoms with Crippen molar-refractivity contribution in [2.45, 2.75) is 31.1 Å². The van der Waals surface area contributed by atoms with Crippen molar-refractivity contribution in [3.63, 3.8) is 0 Å². The van der Waals surface area contributed by atoms with Crippen LogP contribution in [0.25, 0.3) is 5.70 Å². The molecule has 0 aliphatic carbocycles. The zero-order valence-corrected chi connectivity index (χ0v) is 16.1. The normalized spacial score (nSPS) is 18.3. The van der Waals surface area contributed by atoms with Gasteiger partial charge < -0.3 is 10.2 Å². The Bertz CT molecular complexity index is 1020. The predicted octanol–water partition coefficient (Wildman–Crippen LogP) is 3.58. The molecule has 0 radical (unpaired) electrons.